The highest BCUT2D eigenvalue weighted by Crippen LogP contribution is 2.12. The van der Waals surface area contributed by atoms with Crippen molar-refractivity contribution in [3.8, 4) is 5.75 Å². The van der Waals surface area contributed by atoms with Gasteiger partial charge in [-0.1, -0.05) is 24.3 Å². The van der Waals surface area contributed by atoms with E-state index in [0.717, 1.165) is 0 Å². The largest absolute Gasteiger partial charge is 0.497 e. The summed E-state index contributed by atoms with van der Waals surface area (Å²) in [7, 11) is 1.51. The van der Waals surface area contributed by atoms with Gasteiger partial charge in [0.15, 0.2) is 0 Å². The van der Waals surface area contributed by atoms with Gasteiger partial charge in [-0.2, -0.15) is 5.10 Å². The van der Waals surface area contributed by atoms with Crippen LogP contribution in [0.1, 0.15) is 26.3 Å². The van der Waals surface area contributed by atoms with Crippen LogP contribution in [0.15, 0.2) is 53.6 Å². The van der Waals surface area contributed by atoms with E-state index < -0.39 is 11.9 Å². The van der Waals surface area contributed by atoms with E-state index in [2.05, 4.69) is 10.5 Å². The molecule has 0 saturated heterocycles. The van der Waals surface area contributed by atoms with Crippen LogP contribution in [-0.2, 0) is 0 Å². The molecule has 2 N–H and O–H groups in total. The summed E-state index contributed by atoms with van der Waals surface area (Å²) < 4.78 is 5.04. The Morgan fingerprint density at radius 2 is 1.95 bits per heavy atom. The molecule has 1 amide bonds. The molecule has 0 saturated carbocycles. The van der Waals surface area contributed by atoms with Crippen LogP contribution in [0.4, 0.5) is 0 Å². The molecular formula is C16H14N2O4. The number of hydrogen-bond donors (Lipinski definition) is 2. The molecule has 2 aromatic carbocycles. The summed E-state index contributed by atoms with van der Waals surface area (Å²) in [5.74, 6) is -0.906. The van der Waals surface area contributed by atoms with Crippen LogP contribution in [0, 0.1) is 0 Å². The monoisotopic (exact) mass is 298 g/mol. The van der Waals surface area contributed by atoms with Gasteiger partial charge in [0.05, 0.1) is 18.9 Å². The fourth-order valence-corrected chi connectivity index (χ4v) is 1.79. The number of nitrogens with zero attached hydrogens (tertiary/aromatic N) is 1. The van der Waals surface area contributed by atoms with Gasteiger partial charge in [0.1, 0.15) is 5.75 Å². The Morgan fingerprint density at radius 1 is 1.18 bits per heavy atom. The third kappa shape index (κ3) is 3.69. The lowest BCUT2D eigenvalue weighted by atomic mass is 10.1. The van der Waals surface area contributed by atoms with Gasteiger partial charge >= 0.3 is 5.97 Å². The van der Waals surface area contributed by atoms with Gasteiger partial charge in [0, 0.05) is 11.1 Å². The first-order valence-corrected chi connectivity index (χ1v) is 6.41. The fraction of sp³-hybridized carbons (Fsp3) is 0.0625. The van der Waals surface area contributed by atoms with E-state index in [4.69, 9.17) is 9.84 Å². The number of carbonyl (C=O) groups excluding carboxylic acids is 1. The Bertz CT molecular complexity index is 726. The third-order valence-corrected chi connectivity index (χ3v) is 2.89. The minimum Gasteiger partial charge on any atom is -0.497 e. The maximum atomic E-state index is 11.9. The first-order valence-electron chi connectivity index (χ1n) is 6.41. The summed E-state index contributed by atoms with van der Waals surface area (Å²) in [5, 5.41) is 12.8. The molecular weight excluding hydrogens is 284 g/mol. The second-order valence-electron chi connectivity index (χ2n) is 4.32. The van der Waals surface area contributed by atoms with E-state index in [1.54, 1.807) is 42.5 Å². The third-order valence-electron chi connectivity index (χ3n) is 2.89. The molecule has 0 unspecified atom stereocenters. The number of ether oxygens (including phenoxy) is 1. The molecule has 0 heterocycles. The minimum atomic E-state index is -1.05. The summed E-state index contributed by atoms with van der Waals surface area (Å²) in [5.41, 5.74) is 3.26. The van der Waals surface area contributed by atoms with Gasteiger partial charge in [0.25, 0.3) is 5.91 Å². The highest BCUT2D eigenvalue weighted by atomic mass is 16.5. The molecule has 0 atom stereocenters. The first kappa shape index (κ1) is 15.2. The highest BCUT2D eigenvalue weighted by Gasteiger charge is 2.08. The number of nitrogens with one attached hydrogen (secondary N) is 1. The molecule has 0 spiro atoms. The minimum absolute atomic E-state index is 0.113. The Morgan fingerprint density at radius 3 is 2.68 bits per heavy atom. The summed E-state index contributed by atoms with van der Waals surface area (Å²) in [4.78, 5) is 23.0. The van der Waals surface area contributed by atoms with Gasteiger partial charge in [-0.25, -0.2) is 10.2 Å². The summed E-state index contributed by atoms with van der Waals surface area (Å²) >= 11 is 0. The lowest BCUT2D eigenvalue weighted by Gasteiger charge is -2.03. The lowest BCUT2D eigenvalue weighted by molar-refractivity contribution is 0.0696. The maximum Gasteiger partial charge on any atom is 0.336 e. The molecule has 0 aliphatic rings. The first-order chi connectivity index (χ1) is 10.6. The van der Waals surface area contributed by atoms with Crippen molar-refractivity contribution in [3.63, 3.8) is 0 Å². The Balaban J connectivity index is 2.09. The van der Waals surface area contributed by atoms with Crippen molar-refractivity contribution in [2.45, 2.75) is 0 Å². The molecule has 6 heteroatoms. The number of carboxylic acid groups (broad SMARTS) is 1. The van der Waals surface area contributed by atoms with Crippen LogP contribution in [0.3, 0.4) is 0 Å². The van der Waals surface area contributed by atoms with Crippen LogP contribution in [0.25, 0.3) is 0 Å². The fourth-order valence-electron chi connectivity index (χ4n) is 1.79. The van der Waals surface area contributed by atoms with Crippen LogP contribution < -0.4 is 10.2 Å². The number of rotatable bonds is 5. The van der Waals surface area contributed by atoms with Crippen molar-refractivity contribution in [2.75, 3.05) is 7.11 Å². The summed E-state index contributed by atoms with van der Waals surface area (Å²) in [6, 6.07) is 13.0. The number of carbonyl (C=O) groups is 2. The van der Waals surface area contributed by atoms with Crippen molar-refractivity contribution in [2.24, 2.45) is 5.10 Å². The van der Waals surface area contributed by atoms with Crippen LogP contribution in [-0.4, -0.2) is 30.3 Å². The van der Waals surface area contributed by atoms with Crippen molar-refractivity contribution >= 4 is 18.1 Å². The molecule has 2 aromatic rings. The number of hydrazone groups is 1. The molecule has 0 bridgehead atoms. The predicted molar refractivity (Wildman–Crippen MR) is 81.5 cm³/mol. The van der Waals surface area contributed by atoms with Gasteiger partial charge in [0.2, 0.25) is 0 Å². The number of methoxy groups -OCH3 is 1. The van der Waals surface area contributed by atoms with Crippen LogP contribution in [0.5, 0.6) is 5.75 Å². The number of hydrogen-bond acceptors (Lipinski definition) is 4. The SMILES string of the molecule is COc1cccc(C(=O)N/N=C\c2ccccc2C(=O)O)c1. The normalized spacial score (nSPS) is 10.4. The average Bonchev–Trinajstić information content (AvgIpc) is 2.55. The highest BCUT2D eigenvalue weighted by molar-refractivity contribution is 5.99. The van der Waals surface area contributed by atoms with Crippen molar-refractivity contribution < 1.29 is 19.4 Å². The van der Waals surface area contributed by atoms with E-state index >= 15 is 0 Å². The molecule has 22 heavy (non-hydrogen) atoms. The average molecular weight is 298 g/mol. The topological polar surface area (TPSA) is 88.0 Å². The smallest absolute Gasteiger partial charge is 0.336 e. The zero-order valence-electron chi connectivity index (χ0n) is 11.8. The van der Waals surface area contributed by atoms with Crippen LogP contribution >= 0.6 is 0 Å². The number of carboxylic acids is 1. The van der Waals surface area contributed by atoms with Gasteiger partial charge in [-0.15, -0.1) is 0 Å². The number of aromatic carboxylic acids is 1. The van der Waals surface area contributed by atoms with Crippen molar-refractivity contribution in [1.29, 1.82) is 0 Å². The zero-order valence-corrected chi connectivity index (χ0v) is 11.8. The second-order valence-corrected chi connectivity index (χ2v) is 4.32. The van der Waals surface area contributed by atoms with Crippen molar-refractivity contribution in [3.05, 3.63) is 65.2 Å². The molecule has 112 valence electrons. The second kappa shape index (κ2) is 7.03. The van der Waals surface area contributed by atoms with Crippen LogP contribution in [0.2, 0.25) is 0 Å². The van der Waals surface area contributed by atoms with E-state index in [1.165, 1.54) is 19.4 Å². The Hall–Kier alpha value is -3.15. The zero-order chi connectivity index (χ0) is 15.9. The van der Waals surface area contributed by atoms with E-state index in [1.807, 2.05) is 0 Å². The molecule has 0 fully saturated rings. The predicted octanol–water partition coefficient (Wildman–Crippen LogP) is 2.16. The Labute approximate surface area is 127 Å². The molecule has 2 rings (SSSR count). The molecule has 0 aliphatic carbocycles. The quantitative estimate of drug-likeness (QED) is 0.654. The van der Waals surface area contributed by atoms with Gasteiger partial charge in [-0.05, 0) is 24.3 Å². The maximum absolute atomic E-state index is 11.9. The van der Waals surface area contributed by atoms with Gasteiger partial charge < -0.3 is 9.84 Å². The summed E-state index contributed by atoms with van der Waals surface area (Å²) in [6.07, 6.45) is 1.29. The van der Waals surface area contributed by atoms with E-state index in [0.29, 0.717) is 16.9 Å². The van der Waals surface area contributed by atoms with E-state index in [-0.39, 0.29) is 5.56 Å². The van der Waals surface area contributed by atoms with Gasteiger partial charge in [-0.3, -0.25) is 4.79 Å². The molecule has 0 aliphatic heterocycles. The number of amides is 1. The number of benzene rings is 2. The van der Waals surface area contributed by atoms with E-state index in [9.17, 15) is 9.59 Å². The van der Waals surface area contributed by atoms with Crippen molar-refractivity contribution in [1.82, 2.24) is 5.43 Å². The molecule has 6 nitrogen and oxygen atoms in total. The molecule has 0 radical (unpaired) electrons. The lowest BCUT2D eigenvalue weighted by Crippen LogP contribution is -2.17. The summed E-state index contributed by atoms with van der Waals surface area (Å²) in [6.45, 7) is 0. The molecule has 0 aromatic heterocycles. The Kier molecular flexibility index (Phi) is 4.87. The standard InChI is InChI=1S/C16H14N2O4/c1-22-13-7-4-6-11(9-13)15(19)18-17-10-12-5-2-3-8-14(12)16(20)21/h2-10H,1H3,(H,18,19)(H,20,21)/b17-10-.